The van der Waals surface area contributed by atoms with E-state index >= 15 is 0 Å². The van der Waals surface area contributed by atoms with Crippen molar-refractivity contribution in [1.82, 2.24) is 0 Å². The fourth-order valence-corrected chi connectivity index (χ4v) is 2.48. The van der Waals surface area contributed by atoms with E-state index in [9.17, 15) is 9.59 Å². The lowest BCUT2D eigenvalue weighted by molar-refractivity contribution is -0.147. The Morgan fingerprint density at radius 2 is 2.29 bits per heavy atom. The highest BCUT2D eigenvalue weighted by Crippen LogP contribution is 2.36. The summed E-state index contributed by atoms with van der Waals surface area (Å²) in [4.78, 5) is 23.3. The van der Waals surface area contributed by atoms with Gasteiger partial charge in [0.2, 0.25) is 0 Å². The van der Waals surface area contributed by atoms with E-state index in [2.05, 4.69) is 13.0 Å². The zero-order valence-corrected chi connectivity index (χ0v) is 10.9. The summed E-state index contributed by atoms with van der Waals surface area (Å²) < 4.78 is 4.76. The lowest BCUT2D eigenvalue weighted by atomic mass is 9.84. The van der Waals surface area contributed by atoms with Crippen LogP contribution < -0.4 is 0 Å². The fraction of sp³-hybridized carbons (Fsp3) is 0.714. The number of carbonyl (C=O) groups excluding carboxylic acids is 2. The Kier molecular flexibility index (Phi) is 5.39. The van der Waals surface area contributed by atoms with Gasteiger partial charge in [-0.25, -0.2) is 0 Å². The molecule has 0 spiro atoms. The zero-order valence-electron chi connectivity index (χ0n) is 10.9. The van der Waals surface area contributed by atoms with Crippen molar-refractivity contribution in [2.24, 2.45) is 17.8 Å². The molecule has 1 fully saturated rings. The Morgan fingerprint density at radius 3 is 2.88 bits per heavy atom. The first kappa shape index (κ1) is 13.9. The molecule has 0 N–H and O–H groups in total. The SMILES string of the molecule is CCCC=CC1C(=O)CCC1C(C)C(=O)OC. The van der Waals surface area contributed by atoms with Gasteiger partial charge in [-0.15, -0.1) is 0 Å². The zero-order chi connectivity index (χ0) is 12.8. The van der Waals surface area contributed by atoms with Gasteiger partial charge in [-0.1, -0.05) is 32.4 Å². The number of ether oxygens (including phenoxy) is 1. The van der Waals surface area contributed by atoms with E-state index in [0.29, 0.717) is 6.42 Å². The molecule has 0 aromatic heterocycles. The van der Waals surface area contributed by atoms with Crippen LogP contribution in [0, 0.1) is 17.8 Å². The number of carbonyl (C=O) groups is 2. The van der Waals surface area contributed by atoms with Gasteiger partial charge in [0.25, 0.3) is 0 Å². The first-order chi connectivity index (χ1) is 8.11. The summed E-state index contributed by atoms with van der Waals surface area (Å²) in [6.45, 7) is 3.96. The highest BCUT2D eigenvalue weighted by atomic mass is 16.5. The standard InChI is InChI=1S/C14H22O3/c1-4-5-6-7-12-11(8-9-13(12)15)10(2)14(16)17-3/h6-7,10-12H,4-5,8-9H2,1-3H3. The maximum absolute atomic E-state index is 11.8. The van der Waals surface area contributed by atoms with Crippen molar-refractivity contribution in [1.29, 1.82) is 0 Å². The van der Waals surface area contributed by atoms with Crippen LogP contribution in [0.5, 0.6) is 0 Å². The second-order valence-electron chi connectivity index (χ2n) is 4.72. The van der Waals surface area contributed by atoms with Gasteiger partial charge in [-0.05, 0) is 18.8 Å². The van der Waals surface area contributed by atoms with Crippen LogP contribution in [0.3, 0.4) is 0 Å². The van der Waals surface area contributed by atoms with Crippen LogP contribution in [-0.4, -0.2) is 18.9 Å². The molecule has 0 aromatic rings. The smallest absolute Gasteiger partial charge is 0.308 e. The minimum atomic E-state index is -0.210. The summed E-state index contributed by atoms with van der Waals surface area (Å²) in [5, 5.41) is 0. The quantitative estimate of drug-likeness (QED) is 0.546. The average molecular weight is 238 g/mol. The van der Waals surface area contributed by atoms with Crippen LogP contribution in [0.25, 0.3) is 0 Å². The van der Waals surface area contributed by atoms with Gasteiger partial charge in [0.1, 0.15) is 5.78 Å². The van der Waals surface area contributed by atoms with Gasteiger partial charge in [0, 0.05) is 12.3 Å². The molecule has 0 aromatic carbocycles. The predicted octanol–water partition coefficient (Wildman–Crippen LogP) is 2.75. The number of methoxy groups -OCH3 is 1. The molecule has 3 atom stereocenters. The number of Topliss-reactive ketones (excluding diaryl/α,β-unsaturated/α-hetero) is 1. The van der Waals surface area contributed by atoms with E-state index in [1.807, 2.05) is 13.0 Å². The summed E-state index contributed by atoms with van der Waals surface area (Å²) in [6, 6.07) is 0. The highest BCUT2D eigenvalue weighted by Gasteiger charge is 2.39. The Labute approximate surface area is 103 Å². The van der Waals surface area contributed by atoms with Crippen LogP contribution in [0.2, 0.25) is 0 Å². The molecule has 17 heavy (non-hydrogen) atoms. The lowest BCUT2D eigenvalue weighted by Gasteiger charge is -2.20. The second kappa shape index (κ2) is 6.58. The van der Waals surface area contributed by atoms with E-state index in [1.54, 1.807) is 0 Å². The minimum Gasteiger partial charge on any atom is -0.469 e. The maximum atomic E-state index is 11.8. The number of unbranched alkanes of at least 4 members (excludes halogenated alkanes) is 1. The molecule has 1 aliphatic rings. The number of allylic oxidation sites excluding steroid dienone is 2. The second-order valence-corrected chi connectivity index (χ2v) is 4.72. The Balaban J connectivity index is 2.70. The molecule has 3 unspecified atom stereocenters. The van der Waals surface area contributed by atoms with Crippen LogP contribution in [-0.2, 0) is 14.3 Å². The summed E-state index contributed by atoms with van der Waals surface area (Å²) in [5.74, 6) is -0.113. The van der Waals surface area contributed by atoms with E-state index < -0.39 is 0 Å². The van der Waals surface area contributed by atoms with Crippen LogP contribution in [0.15, 0.2) is 12.2 Å². The van der Waals surface area contributed by atoms with E-state index in [-0.39, 0.29) is 29.5 Å². The first-order valence-corrected chi connectivity index (χ1v) is 6.39. The number of esters is 1. The number of ketones is 1. The average Bonchev–Trinajstić information content (AvgIpc) is 2.69. The Morgan fingerprint density at radius 1 is 1.59 bits per heavy atom. The van der Waals surface area contributed by atoms with Crippen molar-refractivity contribution in [2.75, 3.05) is 7.11 Å². The van der Waals surface area contributed by atoms with Gasteiger partial charge in [-0.2, -0.15) is 0 Å². The molecule has 0 radical (unpaired) electrons. The van der Waals surface area contributed by atoms with Crippen LogP contribution >= 0.6 is 0 Å². The van der Waals surface area contributed by atoms with Crippen molar-refractivity contribution < 1.29 is 14.3 Å². The molecular weight excluding hydrogens is 216 g/mol. The normalized spacial score (nSPS) is 26.4. The third-order valence-electron chi connectivity index (χ3n) is 3.57. The van der Waals surface area contributed by atoms with Gasteiger partial charge in [0.15, 0.2) is 0 Å². The molecule has 0 bridgehead atoms. The molecule has 1 aliphatic carbocycles. The monoisotopic (exact) mass is 238 g/mol. The highest BCUT2D eigenvalue weighted by molar-refractivity contribution is 5.86. The van der Waals surface area contributed by atoms with E-state index in [4.69, 9.17) is 4.74 Å². The topological polar surface area (TPSA) is 43.4 Å². The van der Waals surface area contributed by atoms with Gasteiger partial charge in [0.05, 0.1) is 13.0 Å². The van der Waals surface area contributed by atoms with Crippen molar-refractivity contribution in [2.45, 2.75) is 39.5 Å². The third-order valence-corrected chi connectivity index (χ3v) is 3.57. The van der Waals surface area contributed by atoms with Crippen molar-refractivity contribution in [3.63, 3.8) is 0 Å². The van der Waals surface area contributed by atoms with Crippen molar-refractivity contribution >= 4 is 11.8 Å². The van der Waals surface area contributed by atoms with Gasteiger partial charge < -0.3 is 4.74 Å². The number of hydrogen-bond donors (Lipinski definition) is 0. The molecule has 0 aliphatic heterocycles. The van der Waals surface area contributed by atoms with Gasteiger partial charge >= 0.3 is 5.97 Å². The number of rotatable bonds is 5. The summed E-state index contributed by atoms with van der Waals surface area (Å²) in [7, 11) is 1.40. The molecule has 3 nitrogen and oxygen atoms in total. The molecule has 96 valence electrons. The molecular formula is C14H22O3. The summed E-state index contributed by atoms with van der Waals surface area (Å²) in [6.07, 6.45) is 7.51. The Hall–Kier alpha value is -1.12. The van der Waals surface area contributed by atoms with E-state index in [0.717, 1.165) is 19.3 Å². The molecule has 1 rings (SSSR count). The Bertz CT molecular complexity index is 307. The van der Waals surface area contributed by atoms with Crippen molar-refractivity contribution in [3.05, 3.63) is 12.2 Å². The lowest BCUT2D eigenvalue weighted by Crippen LogP contribution is -2.26. The summed E-state index contributed by atoms with van der Waals surface area (Å²) >= 11 is 0. The maximum Gasteiger partial charge on any atom is 0.308 e. The van der Waals surface area contributed by atoms with Crippen LogP contribution in [0.4, 0.5) is 0 Å². The van der Waals surface area contributed by atoms with Crippen LogP contribution in [0.1, 0.15) is 39.5 Å². The fourth-order valence-electron chi connectivity index (χ4n) is 2.48. The van der Waals surface area contributed by atoms with E-state index in [1.165, 1.54) is 7.11 Å². The molecule has 0 heterocycles. The third kappa shape index (κ3) is 3.42. The van der Waals surface area contributed by atoms with Crippen molar-refractivity contribution in [3.8, 4) is 0 Å². The van der Waals surface area contributed by atoms with Gasteiger partial charge in [-0.3, -0.25) is 9.59 Å². The molecule has 0 saturated heterocycles. The predicted molar refractivity (Wildman–Crippen MR) is 66.4 cm³/mol. The molecule has 3 heteroatoms. The number of hydrogen-bond acceptors (Lipinski definition) is 3. The minimum absolute atomic E-state index is 0.0874. The summed E-state index contributed by atoms with van der Waals surface area (Å²) in [5.41, 5.74) is 0. The molecule has 1 saturated carbocycles. The first-order valence-electron chi connectivity index (χ1n) is 6.39. The molecule has 0 amide bonds. The largest absolute Gasteiger partial charge is 0.469 e.